The van der Waals surface area contributed by atoms with Crippen LogP contribution in [0.3, 0.4) is 0 Å². The maximum absolute atomic E-state index is 13.5. The fourth-order valence-corrected chi connectivity index (χ4v) is 5.31. The average molecular weight is 572 g/mol. The van der Waals surface area contributed by atoms with Gasteiger partial charge in [0.05, 0.1) is 41.7 Å². The smallest absolute Gasteiger partial charge is 0.243 e. The molecule has 0 bridgehead atoms. The summed E-state index contributed by atoms with van der Waals surface area (Å²) < 4.78 is 38.6. The normalized spacial score (nSPS) is 12.3. The van der Waals surface area contributed by atoms with Gasteiger partial charge in [0.2, 0.25) is 15.9 Å². The van der Waals surface area contributed by atoms with Gasteiger partial charge in [0, 0.05) is 11.6 Å². The van der Waals surface area contributed by atoms with E-state index in [9.17, 15) is 13.2 Å². The van der Waals surface area contributed by atoms with Crippen LogP contribution in [0.5, 0.6) is 11.5 Å². The zero-order chi connectivity index (χ0) is 26.5. The highest BCUT2D eigenvalue weighted by Crippen LogP contribution is 2.30. The van der Waals surface area contributed by atoms with Crippen molar-refractivity contribution in [2.24, 2.45) is 0 Å². The van der Waals surface area contributed by atoms with Crippen molar-refractivity contribution in [2.45, 2.75) is 24.4 Å². The predicted molar refractivity (Wildman–Crippen MR) is 142 cm³/mol. The van der Waals surface area contributed by atoms with Crippen molar-refractivity contribution in [3.8, 4) is 11.5 Å². The number of halogens is 3. The molecule has 1 amide bonds. The highest BCUT2D eigenvalue weighted by molar-refractivity contribution is 7.89. The Labute approximate surface area is 225 Å². The molecule has 0 spiro atoms. The average Bonchev–Trinajstić information content (AvgIpc) is 2.85. The monoisotopic (exact) mass is 570 g/mol. The Morgan fingerprint density at radius 2 is 1.58 bits per heavy atom. The van der Waals surface area contributed by atoms with E-state index in [4.69, 9.17) is 44.3 Å². The van der Waals surface area contributed by atoms with Gasteiger partial charge in [-0.25, -0.2) is 8.42 Å². The molecule has 0 unspecified atom stereocenters. The summed E-state index contributed by atoms with van der Waals surface area (Å²) in [6, 6.07) is 15.4. The Kier molecular flexibility index (Phi) is 9.49. The van der Waals surface area contributed by atoms with E-state index in [1.54, 1.807) is 43.3 Å². The molecular weight excluding hydrogens is 547 g/mol. The Morgan fingerprint density at radius 1 is 0.917 bits per heavy atom. The number of hydrogen-bond donors (Lipinski definition) is 1. The molecule has 0 saturated heterocycles. The number of hydrogen-bond acceptors (Lipinski definition) is 5. The maximum atomic E-state index is 13.5. The van der Waals surface area contributed by atoms with E-state index < -0.39 is 28.5 Å². The number of ether oxygens (including phenoxy) is 2. The van der Waals surface area contributed by atoms with Crippen molar-refractivity contribution < 1.29 is 22.7 Å². The van der Waals surface area contributed by atoms with Gasteiger partial charge in [-0.2, -0.15) is 4.31 Å². The minimum Gasteiger partial charge on any atom is -0.493 e. The van der Waals surface area contributed by atoms with Gasteiger partial charge in [0.25, 0.3) is 0 Å². The highest BCUT2D eigenvalue weighted by Gasteiger charge is 2.28. The van der Waals surface area contributed by atoms with E-state index >= 15 is 0 Å². The van der Waals surface area contributed by atoms with E-state index in [0.29, 0.717) is 27.1 Å². The molecule has 0 fully saturated rings. The van der Waals surface area contributed by atoms with Crippen LogP contribution in [0, 0.1) is 0 Å². The first kappa shape index (κ1) is 28.1. The molecule has 0 heterocycles. The highest BCUT2D eigenvalue weighted by atomic mass is 35.5. The first-order valence-corrected chi connectivity index (χ1v) is 13.3. The van der Waals surface area contributed by atoms with Crippen LogP contribution in [0.25, 0.3) is 0 Å². The van der Waals surface area contributed by atoms with Crippen LogP contribution in [0.2, 0.25) is 15.1 Å². The van der Waals surface area contributed by atoms with Gasteiger partial charge < -0.3 is 14.8 Å². The maximum Gasteiger partial charge on any atom is 0.243 e. The minimum absolute atomic E-state index is 0.00713. The standard InChI is InChI=1S/C25H25Cl3N2O5S/c1-16(18-5-11-23(34-2)24(13-18)35-3)29-25(31)15-30(14-17-4-10-21(27)22(28)12-17)36(32,33)20-8-6-19(26)7-9-20/h4-13,16H,14-15H2,1-3H3,(H,29,31)/t16-/m0/s1. The van der Waals surface area contributed by atoms with Crippen molar-refractivity contribution in [3.05, 3.63) is 86.9 Å². The van der Waals surface area contributed by atoms with Gasteiger partial charge in [-0.15, -0.1) is 0 Å². The summed E-state index contributed by atoms with van der Waals surface area (Å²) in [5.74, 6) is 0.583. The van der Waals surface area contributed by atoms with E-state index in [1.165, 1.54) is 38.5 Å². The van der Waals surface area contributed by atoms with Crippen LogP contribution in [0.15, 0.2) is 65.6 Å². The second kappa shape index (κ2) is 12.2. The Hall–Kier alpha value is -2.49. The molecule has 7 nitrogen and oxygen atoms in total. The van der Waals surface area contributed by atoms with Gasteiger partial charge in [-0.3, -0.25) is 4.79 Å². The summed E-state index contributed by atoms with van der Waals surface area (Å²) in [6.07, 6.45) is 0. The number of rotatable bonds is 10. The van der Waals surface area contributed by atoms with Crippen LogP contribution in [0.1, 0.15) is 24.1 Å². The second-order valence-corrected chi connectivity index (χ2v) is 11.1. The number of nitrogens with zero attached hydrogens (tertiary/aromatic N) is 1. The third-order valence-electron chi connectivity index (χ3n) is 5.40. The Balaban J connectivity index is 1.85. The molecular formula is C25H25Cl3N2O5S. The third kappa shape index (κ3) is 6.83. The molecule has 0 aromatic heterocycles. The van der Waals surface area contributed by atoms with Crippen molar-refractivity contribution in [2.75, 3.05) is 20.8 Å². The lowest BCUT2D eigenvalue weighted by molar-refractivity contribution is -0.122. The number of benzene rings is 3. The minimum atomic E-state index is -4.05. The van der Waals surface area contributed by atoms with Crippen molar-refractivity contribution in [1.82, 2.24) is 9.62 Å². The van der Waals surface area contributed by atoms with Crippen LogP contribution in [-0.2, 0) is 21.4 Å². The fraction of sp³-hybridized carbons (Fsp3) is 0.240. The largest absolute Gasteiger partial charge is 0.493 e. The summed E-state index contributed by atoms with van der Waals surface area (Å²) in [4.78, 5) is 13.0. The molecule has 3 aromatic rings. The molecule has 0 aliphatic carbocycles. The van der Waals surface area contributed by atoms with E-state index in [1.807, 2.05) is 0 Å². The van der Waals surface area contributed by atoms with Crippen LogP contribution in [0.4, 0.5) is 0 Å². The van der Waals surface area contributed by atoms with Crippen molar-refractivity contribution in [3.63, 3.8) is 0 Å². The molecule has 1 atom stereocenters. The zero-order valence-electron chi connectivity index (χ0n) is 19.8. The van der Waals surface area contributed by atoms with Gasteiger partial charge in [-0.05, 0) is 66.6 Å². The lowest BCUT2D eigenvalue weighted by atomic mass is 10.1. The summed E-state index contributed by atoms with van der Waals surface area (Å²) in [6.45, 7) is 1.26. The molecule has 36 heavy (non-hydrogen) atoms. The summed E-state index contributed by atoms with van der Waals surface area (Å²) in [5, 5.41) is 3.86. The molecule has 192 valence electrons. The molecule has 1 N–H and O–H groups in total. The number of amides is 1. The van der Waals surface area contributed by atoms with Crippen LogP contribution in [-0.4, -0.2) is 39.4 Å². The molecule has 0 radical (unpaired) electrons. The lowest BCUT2D eigenvalue weighted by Gasteiger charge is -2.24. The molecule has 3 aromatic carbocycles. The van der Waals surface area contributed by atoms with Gasteiger partial charge in [-0.1, -0.05) is 46.9 Å². The SMILES string of the molecule is COc1ccc([C@H](C)NC(=O)CN(Cc2ccc(Cl)c(Cl)c2)S(=O)(=O)c2ccc(Cl)cc2)cc1OC. The second-order valence-electron chi connectivity index (χ2n) is 7.88. The van der Waals surface area contributed by atoms with Gasteiger partial charge in [0.1, 0.15) is 0 Å². The number of nitrogens with one attached hydrogen (secondary N) is 1. The molecule has 0 saturated carbocycles. The Bertz CT molecular complexity index is 1330. The number of carbonyl (C=O) groups is 1. The van der Waals surface area contributed by atoms with E-state index in [2.05, 4.69) is 5.32 Å². The number of carbonyl (C=O) groups excluding carboxylic acids is 1. The third-order valence-corrected chi connectivity index (χ3v) is 8.20. The molecule has 0 aliphatic rings. The molecule has 3 rings (SSSR count). The summed E-state index contributed by atoms with van der Waals surface area (Å²) in [7, 11) is -0.998. The molecule has 11 heteroatoms. The first-order chi connectivity index (χ1) is 17.0. The fourth-order valence-electron chi connectivity index (χ4n) is 3.48. The van der Waals surface area contributed by atoms with E-state index in [-0.39, 0.29) is 16.5 Å². The summed E-state index contributed by atoms with van der Waals surface area (Å²) >= 11 is 18.1. The topological polar surface area (TPSA) is 84.9 Å². The van der Waals surface area contributed by atoms with E-state index in [0.717, 1.165) is 9.87 Å². The quantitative estimate of drug-likeness (QED) is 0.336. The predicted octanol–water partition coefficient (Wildman–Crippen LogP) is 5.73. The number of methoxy groups -OCH3 is 2. The number of sulfonamides is 1. The van der Waals surface area contributed by atoms with Crippen LogP contribution < -0.4 is 14.8 Å². The van der Waals surface area contributed by atoms with Crippen molar-refractivity contribution in [1.29, 1.82) is 0 Å². The molecule has 0 aliphatic heterocycles. The van der Waals surface area contributed by atoms with Crippen molar-refractivity contribution >= 4 is 50.7 Å². The first-order valence-electron chi connectivity index (χ1n) is 10.8. The zero-order valence-corrected chi connectivity index (χ0v) is 22.9. The van der Waals surface area contributed by atoms with Gasteiger partial charge in [0.15, 0.2) is 11.5 Å². The van der Waals surface area contributed by atoms with Crippen LogP contribution >= 0.6 is 34.8 Å². The van der Waals surface area contributed by atoms with Gasteiger partial charge >= 0.3 is 0 Å². The lowest BCUT2D eigenvalue weighted by Crippen LogP contribution is -2.41. The Morgan fingerprint density at radius 3 is 2.19 bits per heavy atom. The summed E-state index contributed by atoms with van der Waals surface area (Å²) in [5.41, 5.74) is 1.33.